The average molecular weight is 312 g/mol. The zero-order valence-electron chi connectivity index (χ0n) is 13.2. The molecule has 3 unspecified atom stereocenters. The molecular weight excluding hydrogens is 285 g/mol. The van der Waals surface area contributed by atoms with E-state index >= 15 is 0 Å². The third-order valence-electron chi connectivity index (χ3n) is 4.88. The van der Waals surface area contributed by atoms with Gasteiger partial charge in [0.15, 0.2) is 0 Å². The summed E-state index contributed by atoms with van der Waals surface area (Å²) in [5.74, 6) is 1.27. The van der Waals surface area contributed by atoms with Crippen LogP contribution >= 0.6 is 11.6 Å². The number of benzene rings is 1. The van der Waals surface area contributed by atoms with Crippen molar-refractivity contribution in [2.75, 3.05) is 6.54 Å². The molecule has 1 aromatic rings. The van der Waals surface area contributed by atoms with E-state index in [9.17, 15) is 4.39 Å². The minimum absolute atomic E-state index is 0.211. The van der Waals surface area contributed by atoms with Crippen LogP contribution in [0.3, 0.4) is 0 Å². The van der Waals surface area contributed by atoms with Gasteiger partial charge in [-0.05, 0) is 55.3 Å². The molecular formula is C18H27ClFN. The predicted molar refractivity (Wildman–Crippen MR) is 88.3 cm³/mol. The number of hydrogen-bond donors (Lipinski definition) is 1. The van der Waals surface area contributed by atoms with Crippen molar-refractivity contribution in [3.63, 3.8) is 0 Å². The standard InChI is InChI=1S/C18H27ClFN/c1-3-13-6-5-7-15(10-13)18(21-4-2)12-14-8-9-16(19)17(20)11-14/h8-9,11,13,15,18,21H,3-7,10,12H2,1-2H3. The molecule has 0 bridgehead atoms. The predicted octanol–water partition coefficient (Wildman–Crippen LogP) is 5.22. The first-order valence-corrected chi connectivity index (χ1v) is 8.69. The molecule has 1 aliphatic carbocycles. The first kappa shape index (κ1) is 16.8. The largest absolute Gasteiger partial charge is 0.314 e. The first-order valence-electron chi connectivity index (χ1n) is 8.31. The van der Waals surface area contributed by atoms with Gasteiger partial charge in [-0.3, -0.25) is 0 Å². The smallest absolute Gasteiger partial charge is 0.142 e. The molecule has 1 aliphatic rings. The summed E-state index contributed by atoms with van der Waals surface area (Å²) in [5, 5.41) is 3.83. The average Bonchev–Trinajstić information content (AvgIpc) is 2.50. The highest BCUT2D eigenvalue weighted by molar-refractivity contribution is 6.30. The molecule has 0 aliphatic heterocycles. The number of hydrogen-bond acceptors (Lipinski definition) is 1. The van der Waals surface area contributed by atoms with E-state index < -0.39 is 0 Å². The lowest BCUT2D eigenvalue weighted by Crippen LogP contribution is -2.40. The minimum atomic E-state index is -0.306. The molecule has 1 aromatic carbocycles. The molecule has 1 fully saturated rings. The lowest BCUT2D eigenvalue weighted by Gasteiger charge is -2.35. The molecule has 3 atom stereocenters. The van der Waals surface area contributed by atoms with Gasteiger partial charge in [-0.1, -0.05) is 50.8 Å². The highest BCUT2D eigenvalue weighted by atomic mass is 35.5. The normalized spacial score (nSPS) is 24.0. The molecule has 1 saturated carbocycles. The maximum absolute atomic E-state index is 13.6. The van der Waals surface area contributed by atoms with Crippen molar-refractivity contribution in [1.29, 1.82) is 0 Å². The third kappa shape index (κ3) is 4.69. The SMILES string of the molecule is CCNC(Cc1ccc(Cl)c(F)c1)C1CCCC(CC)C1. The van der Waals surface area contributed by atoms with E-state index in [4.69, 9.17) is 11.6 Å². The molecule has 21 heavy (non-hydrogen) atoms. The van der Waals surface area contributed by atoms with Gasteiger partial charge in [-0.15, -0.1) is 0 Å². The van der Waals surface area contributed by atoms with Crippen molar-refractivity contribution in [3.8, 4) is 0 Å². The van der Waals surface area contributed by atoms with Gasteiger partial charge in [0.1, 0.15) is 5.82 Å². The Morgan fingerprint density at radius 1 is 1.33 bits per heavy atom. The zero-order valence-corrected chi connectivity index (χ0v) is 13.9. The molecule has 0 spiro atoms. The van der Waals surface area contributed by atoms with Crippen LogP contribution in [0.1, 0.15) is 51.5 Å². The summed E-state index contributed by atoms with van der Waals surface area (Å²) in [4.78, 5) is 0. The fourth-order valence-electron chi connectivity index (χ4n) is 3.66. The Hall–Kier alpha value is -0.600. The van der Waals surface area contributed by atoms with Crippen LogP contribution in [0.4, 0.5) is 4.39 Å². The quantitative estimate of drug-likeness (QED) is 0.760. The molecule has 0 radical (unpaired) electrons. The van der Waals surface area contributed by atoms with Crippen LogP contribution < -0.4 is 5.32 Å². The van der Waals surface area contributed by atoms with Crippen LogP contribution in [0.2, 0.25) is 5.02 Å². The Morgan fingerprint density at radius 2 is 2.14 bits per heavy atom. The van der Waals surface area contributed by atoms with Crippen molar-refractivity contribution in [3.05, 3.63) is 34.6 Å². The summed E-state index contributed by atoms with van der Waals surface area (Å²) in [5.41, 5.74) is 1.04. The van der Waals surface area contributed by atoms with Crippen LogP contribution in [0.25, 0.3) is 0 Å². The summed E-state index contributed by atoms with van der Waals surface area (Å²) in [7, 11) is 0. The number of likely N-dealkylation sites (N-methyl/N-ethyl adjacent to an activating group) is 1. The second-order valence-corrected chi connectivity index (χ2v) is 6.72. The van der Waals surface area contributed by atoms with Crippen LogP contribution in [0.5, 0.6) is 0 Å². The number of halogens is 2. The van der Waals surface area contributed by atoms with E-state index in [1.165, 1.54) is 32.1 Å². The van der Waals surface area contributed by atoms with E-state index in [0.717, 1.165) is 24.4 Å². The van der Waals surface area contributed by atoms with E-state index in [1.54, 1.807) is 12.1 Å². The number of nitrogens with one attached hydrogen (secondary N) is 1. The van der Waals surface area contributed by atoms with Gasteiger partial charge in [0, 0.05) is 6.04 Å². The van der Waals surface area contributed by atoms with Gasteiger partial charge in [-0.2, -0.15) is 0 Å². The van der Waals surface area contributed by atoms with Gasteiger partial charge in [0.25, 0.3) is 0 Å². The van der Waals surface area contributed by atoms with Crippen LogP contribution in [-0.4, -0.2) is 12.6 Å². The first-order chi connectivity index (χ1) is 10.1. The maximum atomic E-state index is 13.6. The molecule has 1 nitrogen and oxygen atoms in total. The highest BCUT2D eigenvalue weighted by Gasteiger charge is 2.27. The second kappa shape index (κ2) is 8.14. The number of rotatable bonds is 6. The van der Waals surface area contributed by atoms with Crippen LogP contribution in [-0.2, 0) is 6.42 Å². The lowest BCUT2D eigenvalue weighted by atomic mass is 9.75. The second-order valence-electron chi connectivity index (χ2n) is 6.32. The fraction of sp³-hybridized carbons (Fsp3) is 0.667. The molecule has 118 valence electrons. The Kier molecular flexibility index (Phi) is 6.50. The Balaban J connectivity index is 2.05. The van der Waals surface area contributed by atoms with E-state index in [-0.39, 0.29) is 10.8 Å². The van der Waals surface area contributed by atoms with Gasteiger partial charge < -0.3 is 5.32 Å². The van der Waals surface area contributed by atoms with Crippen molar-refractivity contribution < 1.29 is 4.39 Å². The van der Waals surface area contributed by atoms with Gasteiger partial charge in [-0.25, -0.2) is 4.39 Å². The molecule has 2 rings (SSSR count). The summed E-state index contributed by atoms with van der Waals surface area (Å²) in [6.45, 7) is 5.41. The van der Waals surface area contributed by atoms with E-state index in [0.29, 0.717) is 12.0 Å². The van der Waals surface area contributed by atoms with E-state index in [1.807, 2.05) is 6.07 Å². The summed E-state index contributed by atoms with van der Waals surface area (Å²) in [6.07, 6.45) is 7.49. The lowest BCUT2D eigenvalue weighted by molar-refractivity contribution is 0.208. The molecule has 0 aromatic heterocycles. The van der Waals surface area contributed by atoms with Gasteiger partial charge >= 0.3 is 0 Å². The monoisotopic (exact) mass is 311 g/mol. The van der Waals surface area contributed by atoms with E-state index in [2.05, 4.69) is 19.2 Å². The summed E-state index contributed by atoms with van der Waals surface area (Å²) < 4.78 is 13.6. The third-order valence-corrected chi connectivity index (χ3v) is 5.18. The fourth-order valence-corrected chi connectivity index (χ4v) is 3.77. The minimum Gasteiger partial charge on any atom is -0.314 e. The van der Waals surface area contributed by atoms with Crippen molar-refractivity contribution >= 4 is 11.6 Å². The highest BCUT2D eigenvalue weighted by Crippen LogP contribution is 2.34. The van der Waals surface area contributed by atoms with Gasteiger partial charge in [0.05, 0.1) is 5.02 Å². The Bertz CT molecular complexity index is 449. The Morgan fingerprint density at radius 3 is 2.81 bits per heavy atom. The molecule has 0 saturated heterocycles. The van der Waals surface area contributed by atoms with Crippen LogP contribution in [0, 0.1) is 17.7 Å². The summed E-state index contributed by atoms with van der Waals surface area (Å²) in [6, 6.07) is 5.66. The van der Waals surface area contributed by atoms with Crippen molar-refractivity contribution in [1.82, 2.24) is 5.32 Å². The Labute approximate surface area is 133 Å². The van der Waals surface area contributed by atoms with Crippen molar-refractivity contribution in [2.45, 2.75) is 58.4 Å². The molecule has 3 heteroatoms. The van der Waals surface area contributed by atoms with Gasteiger partial charge in [0.2, 0.25) is 0 Å². The topological polar surface area (TPSA) is 12.0 Å². The molecule has 0 amide bonds. The maximum Gasteiger partial charge on any atom is 0.142 e. The summed E-state index contributed by atoms with van der Waals surface area (Å²) >= 11 is 5.77. The van der Waals surface area contributed by atoms with Crippen molar-refractivity contribution in [2.24, 2.45) is 11.8 Å². The molecule has 0 heterocycles. The molecule has 1 N–H and O–H groups in total. The van der Waals surface area contributed by atoms with Crippen LogP contribution in [0.15, 0.2) is 18.2 Å². The zero-order chi connectivity index (χ0) is 15.2.